The number of fused-ring (bicyclic) bond motifs is 1. The molecule has 1 aromatic heterocycles. The highest BCUT2D eigenvalue weighted by atomic mass is 35.5. The van der Waals surface area contributed by atoms with Gasteiger partial charge < -0.3 is 5.11 Å². The number of hydrogen-bond donors (Lipinski definition) is 3. The molecule has 2 amide bonds. The lowest BCUT2D eigenvalue weighted by atomic mass is 10.2. The van der Waals surface area contributed by atoms with Crippen LogP contribution < -0.4 is 10.9 Å². The lowest BCUT2D eigenvalue weighted by molar-refractivity contribution is -0.131. The van der Waals surface area contributed by atoms with Crippen LogP contribution in [0, 0.1) is 0 Å². The second-order valence-corrected chi connectivity index (χ2v) is 5.29. The van der Waals surface area contributed by atoms with E-state index >= 15 is 0 Å². The van der Waals surface area contributed by atoms with E-state index in [1.165, 1.54) is 11.3 Å². The number of aliphatic carboxylic acids is 1. The highest BCUT2D eigenvalue weighted by molar-refractivity contribution is 7.21. The second kappa shape index (κ2) is 6.38. The molecule has 108 valence electrons. The van der Waals surface area contributed by atoms with Gasteiger partial charge in [-0.1, -0.05) is 29.8 Å². The smallest absolute Gasteiger partial charge is 0.328 e. The number of rotatable bonds is 3. The first kappa shape index (κ1) is 15.0. The summed E-state index contributed by atoms with van der Waals surface area (Å²) >= 11 is 7.31. The Labute approximate surface area is 128 Å². The third kappa shape index (κ3) is 3.59. The summed E-state index contributed by atoms with van der Waals surface area (Å²) in [6.45, 7) is 0. The van der Waals surface area contributed by atoms with E-state index in [0.717, 1.165) is 16.2 Å². The quantitative estimate of drug-likeness (QED) is 0.594. The van der Waals surface area contributed by atoms with Crippen LogP contribution in [0.1, 0.15) is 9.67 Å². The monoisotopic (exact) mass is 324 g/mol. The van der Waals surface area contributed by atoms with Gasteiger partial charge in [-0.3, -0.25) is 20.4 Å². The van der Waals surface area contributed by atoms with Gasteiger partial charge in [0, 0.05) is 22.2 Å². The fraction of sp³-hybridized carbons (Fsp3) is 0. The number of halogens is 1. The molecule has 6 nitrogen and oxygen atoms in total. The molecule has 0 bridgehead atoms. The van der Waals surface area contributed by atoms with Gasteiger partial charge in [0.2, 0.25) is 0 Å². The Morgan fingerprint density at radius 1 is 1.14 bits per heavy atom. The molecule has 0 aliphatic heterocycles. The fourth-order valence-electron chi connectivity index (χ4n) is 1.52. The highest BCUT2D eigenvalue weighted by Gasteiger charge is 2.16. The number of carbonyl (C=O) groups excluding carboxylic acids is 2. The van der Waals surface area contributed by atoms with E-state index in [2.05, 4.69) is 10.9 Å². The Morgan fingerprint density at radius 2 is 1.86 bits per heavy atom. The third-order valence-electron chi connectivity index (χ3n) is 2.42. The molecule has 1 aromatic carbocycles. The standard InChI is InChI=1S/C13H9ClN2O4S/c14-11-7-3-1-2-4-8(7)21-12(11)13(20)16-15-9(17)5-6-10(18)19/h1-6H,(H,15,17)(H,16,20)(H,18,19). The Hall–Kier alpha value is -2.38. The highest BCUT2D eigenvalue weighted by Crippen LogP contribution is 2.34. The van der Waals surface area contributed by atoms with Crippen molar-refractivity contribution in [2.45, 2.75) is 0 Å². The zero-order valence-electron chi connectivity index (χ0n) is 10.4. The number of hydrogen-bond acceptors (Lipinski definition) is 4. The summed E-state index contributed by atoms with van der Waals surface area (Å²) in [4.78, 5) is 33.7. The molecular formula is C13H9ClN2O4S. The van der Waals surface area contributed by atoms with Crippen molar-refractivity contribution in [2.75, 3.05) is 0 Å². The van der Waals surface area contributed by atoms with Crippen LogP contribution in [0.5, 0.6) is 0 Å². The number of benzene rings is 1. The number of nitrogens with one attached hydrogen (secondary N) is 2. The summed E-state index contributed by atoms with van der Waals surface area (Å²) in [5, 5.41) is 9.43. The fourth-order valence-corrected chi connectivity index (χ4v) is 2.94. The van der Waals surface area contributed by atoms with Gasteiger partial charge in [-0.25, -0.2) is 4.79 Å². The Morgan fingerprint density at radius 3 is 2.52 bits per heavy atom. The summed E-state index contributed by atoms with van der Waals surface area (Å²) in [7, 11) is 0. The second-order valence-electron chi connectivity index (χ2n) is 3.86. The number of carbonyl (C=O) groups is 3. The predicted octanol–water partition coefficient (Wildman–Crippen LogP) is 1.96. The van der Waals surface area contributed by atoms with Gasteiger partial charge in [-0.15, -0.1) is 11.3 Å². The maximum Gasteiger partial charge on any atom is 0.328 e. The summed E-state index contributed by atoms with van der Waals surface area (Å²) in [6, 6.07) is 7.26. The van der Waals surface area contributed by atoms with Crippen molar-refractivity contribution in [2.24, 2.45) is 0 Å². The van der Waals surface area contributed by atoms with Crippen LogP contribution in [-0.2, 0) is 9.59 Å². The Bertz CT molecular complexity index is 754. The molecule has 0 spiro atoms. The molecule has 2 rings (SSSR count). The molecule has 8 heteroatoms. The predicted molar refractivity (Wildman–Crippen MR) is 79.2 cm³/mol. The maximum absolute atomic E-state index is 11.9. The summed E-state index contributed by atoms with van der Waals surface area (Å²) in [5.41, 5.74) is 4.23. The van der Waals surface area contributed by atoms with Gasteiger partial charge in [0.25, 0.3) is 11.8 Å². The molecule has 1 heterocycles. The molecule has 3 N–H and O–H groups in total. The van der Waals surface area contributed by atoms with Gasteiger partial charge >= 0.3 is 5.97 Å². The van der Waals surface area contributed by atoms with Crippen molar-refractivity contribution in [3.63, 3.8) is 0 Å². The van der Waals surface area contributed by atoms with E-state index in [9.17, 15) is 14.4 Å². The summed E-state index contributed by atoms with van der Waals surface area (Å²) < 4.78 is 0.852. The van der Waals surface area contributed by atoms with Crippen molar-refractivity contribution < 1.29 is 19.5 Å². The number of thiophene rings is 1. The van der Waals surface area contributed by atoms with Crippen molar-refractivity contribution in [3.05, 3.63) is 46.3 Å². The lowest BCUT2D eigenvalue weighted by Gasteiger charge is -2.03. The molecule has 0 radical (unpaired) electrons. The topological polar surface area (TPSA) is 95.5 Å². The minimum Gasteiger partial charge on any atom is -0.478 e. The molecular weight excluding hydrogens is 316 g/mol. The van der Waals surface area contributed by atoms with Crippen molar-refractivity contribution in [3.8, 4) is 0 Å². The number of carboxylic acid groups (broad SMARTS) is 1. The van der Waals surface area contributed by atoms with Crippen LogP contribution in [0.15, 0.2) is 36.4 Å². The molecule has 21 heavy (non-hydrogen) atoms. The van der Waals surface area contributed by atoms with E-state index in [1.54, 1.807) is 12.1 Å². The van der Waals surface area contributed by atoms with Gasteiger partial charge in [0.15, 0.2) is 0 Å². The Balaban J connectivity index is 2.07. The Kier molecular flexibility index (Phi) is 4.56. The zero-order valence-corrected chi connectivity index (χ0v) is 12.0. The minimum atomic E-state index is -1.26. The maximum atomic E-state index is 11.9. The van der Waals surface area contributed by atoms with Gasteiger partial charge in [0.1, 0.15) is 4.88 Å². The van der Waals surface area contributed by atoms with Crippen molar-refractivity contribution >= 4 is 50.8 Å². The van der Waals surface area contributed by atoms with E-state index in [4.69, 9.17) is 16.7 Å². The molecule has 0 unspecified atom stereocenters. The number of hydrazine groups is 1. The first-order valence-electron chi connectivity index (χ1n) is 5.67. The largest absolute Gasteiger partial charge is 0.478 e. The van der Waals surface area contributed by atoms with E-state index in [0.29, 0.717) is 11.1 Å². The normalized spacial score (nSPS) is 10.7. The number of carboxylic acids is 1. The van der Waals surface area contributed by atoms with Crippen LogP contribution in [0.25, 0.3) is 10.1 Å². The van der Waals surface area contributed by atoms with Crippen LogP contribution in [0.4, 0.5) is 0 Å². The molecule has 0 atom stereocenters. The van der Waals surface area contributed by atoms with E-state index < -0.39 is 17.8 Å². The molecule has 0 saturated carbocycles. The summed E-state index contributed by atoms with van der Waals surface area (Å²) in [5.74, 6) is -2.59. The van der Waals surface area contributed by atoms with E-state index in [-0.39, 0.29) is 4.88 Å². The lowest BCUT2D eigenvalue weighted by Crippen LogP contribution is -2.40. The minimum absolute atomic E-state index is 0.264. The molecule has 0 aliphatic carbocycles. The van der Waals surface area contributed by atoms with Crippen molar-refractivity contribution in [1.29, 1.82) is 0 Å². The molecule has 0 saturated heterocycles. The summed E-state index contributed by atoms with van der Waals surface area (Å²) in [6.07, 6.45) is 1.45. The van der Waals surface area contributed by atoms with E-state index in [1.807, 2.05) is 12.1 Å². The number of amides is 2. The molecule has 2 aromatic rings. The van der Waals surface area contributed by atoms with Gasteiger partial charge in [-0.2, -0.15) is 0 Å². The van der Waals surface area contributed by atoms with Crippen LogP contribution in [0.2, 0.25) is 5.02 Å². The third-order valence-corrected chi connectivity index (χ3v) is 4.09. The average molecular weight is 325 g/mol. The first-order valence-corrected chi connectivity index (χ1v) is 6.87. The zero-order chi connectivity index (χ0) is 15.4. The van der Waals surface area contributed by atoms with Crippen LogP contribution in [0.3, 0.4) is 0 Å². The average Bonchev–Trinajstić information content (AvgIpc) is 2.80. The van der Waals surface area contributed by atoms with Crippen LogP contribution in [-0.4, -0.2) is 22.9 Å². The van der Waals surface area contributed by atoms with Gasteiger partial charge in [0.05, 0.1) is 5.02 Å². The SMILES string of the molecule is O=C(O)C=CC(=O)NNC(=O)c1sc2ccccc2c1Cl. The van der Waals surface area contributed by atoms with Crippen molar-refractivity contribution in [1.82, 2.24) is 10.9 Å². The molecule has 0 fully saturated rings. The molecule has 0 aliphatic rings. The van der Waals surface area contributed by atoms with Crippen LogP contribution >= 0.6 is 22.9 Å². The van der Waals surface area contributed by atoms with Gasteiger partial charge in [-0.05, 0) is 6.07 Å². The first-order chi connectivity index (χ1) is 9.99.